The van der Waals surface area contributed by atoms with E-state index in [1.54, 1.807) is 20.7 Å². The van der Waals surface area contributed by atoms with Gasteiger partial charge in [-0.25, -0.2) is 0 Å². The predicted molar refractivity (Wildman–Crippen MR) is 233 cm³/mol. The zero-order valence-corrected chi connectivity index (χ0v) is 33.0. The minimum absolute atomic E-state index is 0.0621. The first-order chi connectivity index (χ1) is 25.9. The van der Waals surface area contributed by atoms with Crippen LogP contribution in [0.2, 0.25) is 24.2 Å². The van der Waals surface area contributed by atoms with Crippen LogP contribution in [0, 0.1) is 0 Å². The van der Waals surface area contributed by atoms with Crippen molar-refractivity contribution < 1.29 is 0 Å². The van der Waals surface area contributed by atoms with Crippen molar-refractivity contribution in [2.45, 2.75) is 69.1 Å². The molecule has 2 spiro atoms. The largest absolute Gasteiger partial charge is 0.119 e. The van der Waals surface area contributed by atoms with Crippen LogP contribution in [-0.4, -0.2) is 16.1 Å². The van der Waals surface area contributed by atoms with E-state index in [4.69, 9.17) is 0 Å². The zero-order valence-electron chi connectivity index (χ0n) is 31.0. The second kappa shape index (κ2) is 11.6. The lowest BCUT2D eigenvalue weighted by Gasteiger charge is -2.23. The Hall–Kier alpha value is -4.77. The highest BCUT2D eigenvalue weighted by atomic mass is 28.3. The summed E-state index contributed by atoms with van der Waals surface area (Å²) in [4.78, 5) is 0. The van der Waals surface area contributed by atoms with Gasteiger partial charge in [-0.3, -0.25) is 0 Å². The number of fused-ring (bicyclic) bond motifs is 13. The second-order valence-corrected chi connectivity index (χ2v) is 25.7. The van der Waals surface area contributed by atoms with E-state index in [9.17, 15) is 0 Å². The Bertz CT molecular complexity index is 2370. The molecule has 4 heterocycles. The third kappa shape index (κ3) is 4.58. The minimum atomic E-state index is -1.55. The first-order valence-corrected chi connectivity index (χ1v) is 24.9. The normalized spacial score (nSPS) is 18.8. The highest BCUT2D eigenvalue weighted by Crippen LogP contribution is 2.49. The van der Waals surface area contributed by atoms with Crippen LogP contribution >= 0.6 is 0 Å². The van der Waals surface area contributed by atoms with Gasteiger partial charge in [0.15, 0.2) is 0 Å². The fourth-order valence-electron chi connectivity index (χ4n) is 11.6. The summed E-state index contributed by atoms with van der Waals surface area (Å²) in [5.41, 5.74) is 16.7. The van der Waals surface area contributed by atoms with Gasteiger partial charge in [-0.05, 0) is 124 Å². The third-order valence-electron chi connectivity index (χ3n) is 14.2. The van der Waals surface area contributed by atoms with Crippen LogP contribution in [0.25, 0.3) is 57.7 Å². The van der Waals surface area contributed by atoms with Gasteiger partial charge in [-0.2, -0.15) is 0 Å². The highest BCUT2D eigenvalue weighted by Gasteiger charge is 2.48. The fourth-order valence-corrected chi connectivity index (χ4v) is 22.8. The van der Waals surface area contributed by atoms with E-state index in [2.05, 4.69) is 159 Å². The van der Waals surface area contributed by atoms with Crippen LogP contribution < -0.4 is 20.7 Å². The van der Waals surface area contributed by atoms with E-state index in [-0.39, 0.29) is 5.41 Å². The Balaban J connectivity index is 0.866. The fraction of sp³-hybridized carbons (Fsp3) is 0.216. The molecule has 6 aromatic rings. The van der Waals surface area contributed by atoms with E-state index in [0.717, 1.165) is 0 Å². The summed E-state index contributed by atoms with van der Waals surface area (Å²) < 4.78 is 0. The predicted octanol–water partition coefficient (Wildman–Crippen LogP) is 11.0. The summed E-state index contributed by atoms with van der Waals surface area (Å²) in [6.45, 7) is 4.81. The van der Waals surface area contributed by atoms with Crippen molar-refractivity contribution in [3.63, 3.8) is 0 Å². The molecule has 0 bridgehead atoms. The summed E-state index contributed by atoms with van der Waals surface area (Å²) in [5, 5.41) is 6.77. The van der Waals surface area contributed by atoms with Crippen molar-refractivity contribution in [1.82, 2.24) is 0 Å². The first kappa shape index (κ1) is 31.7. The molecule has 0 nitrogen and oxygen atoms in total. The third-order valence-corrected chi connectivity index (χ3v) is 24.9. The quantitative estimate of drug-likeness (QED) is 0.126. The van der Waals surface area contributed by atoms with Crippen molar-refractivity contribution in [1.29, 1.82) is 0 Å². The topological polar surface area (TPSA) is 0 Å². The van der Waals surface area contributed by atoms with E-state index >= 15 is 0 Å². The van der Waals surface area contributed by atoms with Crippen LogP contribution in [0.15, 0.2) is 121 Å². The molecule has 0 N–H and O–H groups in total. The molecule has 0 unspecified atom stereocenters. The number of benzene rings is 6. The highest BCUT2D eigenvalue weighted by molar-refractivity contribution is 7.06. The SMILES string of the molecule is CC1(C)c2cc(/C=C/c3ccc4c(c3)-c3ccccc3[Si]43CCCC3)ccc2-c2ccc(/C=C/c3ccc4c(c3)-c3ccccc3[Si]43CCCC3)cc21. The lowest BCUT2D eigenvalue weighted by molar-refractivity contribution is 0.660. The molecule has 53 heavy (non-hydrogen) atoms. The van der Waals surface area contributed by atoms with Gasteiger partial charge in [-0.15, -0.1) is 0 Å². The molecule has 0 saturated carbocycles. The van der Waals surface area contributed by atoms with Crippen molar-refractivity contribution in [2.75, 3.05) is 0 Å². The van der Waals surface area contributed by atoms with Gasteiger partial charge in [0.25, 0.3) is 0 Å². The molecule has 258 valence electrons. The van der Waals surface area contributed by atoms with E-state index < -0.39 is 16.1 Å². The maximum absolute atomic E-state index is 2.50. The van der Waals surface area contributed by atoms with E-state index in [1.165, 1.54) is 117 Å². The maximum Gasteiger partial charge on any atom is 0.119 e. The van der Waals surface area contributed by atoms with Gasteiger partial charge >= 0.3 is 0 Å². The number of hydrogen-bond donors (Lipinski definition) is 0. The van der Waals surface area contributed by atoms with Crippen LogP contribution in [0.4, 0.5) is 0 Å². The molecule has 0 radical (unpaired) electrons. The molecule has 0 amide bonds. The molecule has 0 atom stereocenters. The van der Waals surface area contributed by atoms with Gasteiger partial charge < -0.3 is 0 Å². The van der Waals surface area contributed by atoms with Gasteiger partial charge in [-0.1, -0.05) is 173 Å². The number of hydrogen-bond acceptors (Lipinski definition) is 0. The molecule has 2 saturated heterocycles. The first-order valence-electron chi connectivity index (χ1n) is 20.1. The summed E-state index contributed by atoms with van der Waals surface area (Å²) in [6.07, 6.45) is 14.9. The van der Waals surface area contributed by atoms with Gasteiger partial charge in [0.1, 0.15) is 16.1 Å². The second-order valence-electron chi connectivity index (χ2n) is 17.2. The van der Waals surface area contributed by atoms with Gasteiger partial charge in [0, 0.05) is 5.41 Å². The molecule has 4 aliphatic heterocycles. The number of rotatable bonds is 4. The van der Waals surface area contributed by atoms with Crippen molar-refractivity contribution >= 4 is 61.2 Å². The molecular formula is C51H46Si2. The Morgan fingerprint density at radius 3 is 1.17 bits per heavy atom. The maximum atomic E-state index is 2.50. The Kier molecular flexibility index (Phi) is 6.95. The lowest BCUT2D eigenvalue weighted by Crippen LogP contribution is -2.52. The lowest BCUT2D eigenvalue weighted by atomic mass is 9.81. The van der Waals surface area contributed by atoms with Crippen LogP contribution in [0.5, 0.6) is 0 Å². The van der Waals surface area contributed by atoms with Crippen molar-refractivity contribution in [3.8, 4) is 33.4 Å². The minimum Gasteiger partial charge on any atom is -0.0623 e. The summed E-state index contributed by atoms with van der Waals surface area (Å²) in [6, 6.07) is 53.2. The van der Waals surface area contributed by atoms with Gasteiger partial charge in [0.2, 0.25) is 0 Å². The van der Waals surface area contributed by atoms with Crippen molar-refractivity contribution in [2.24, 2.45) is 0 Å². The molecule has 6 aromatic carbocycles. The zero-order chi connectivity index (χ0) is 35.4. The molecule has 1 aliphatic carbocycles. The Morgan fingerprint density at radius 1 is 0.377 bits per heavy atom. The van der Waals surface area contributed by atoms with Crippen LogP contribution in [0.3, 0.4) is 0 Å². The van der Waals surface area contributed by atoms with Crippen LogP contribution in [0.1, 0.15) is 72.9 Å². The standard InChI is InChI=1S/C51H46Si2/c1-51(2)45-33-37(17-15-35-21-25-49-43(31-35)41-11-3-5-13-47(41)52(49)27-7-8-28-52)19-23-39(45)40-24-20-38(34-46(40)51)18-16-36-22-26-50-44(32-36)42-12-4-6-14-48(42)53(50)29-9-10-30-53/h3-6,11-26,31-34H,7-10,27-30H2,1-2H3/b17-15+,18-16+. The summed E-state index contributed by atoms with van der Waals surface area (Å²) in [7, 11) is -3.11. The Morgan fingerprint density at radius 2 is 0.736 bits per heavy atom. The molecule has 2 fully saturated rings. The average molecular weight is 715 g/mol. The van der Waals surface area contributed by atoms with Crippen molar-refractivity contribution in [3.05, 3.63) is 155 Å². The smallest absolute Gasteiger partial charge is 0.0623 e. The average Bonchev–Trinajstić information content (AvgIpc) is 4.03. The van der Waals surface area contributed by atoms with E-state index in [1.807, 2.05) is 0 Å². The molecular weight excluding hydrogens is 669 g/mol. The van der Waals surface area contributed by atoms with Crippen LogP contribution in [-0.2, 0) is 5.41 Å². The molecule has 11 rings (SSSR count). The van der Waals surface area contributed by atoms with E-state index in [0.29, 0.717) is 0 Å². The van der Waals surface area contributed by atoms with Gasteiger partial charge in [0.05, 0.1) is 0 Å². The molecule has 0 aromatic heterocycles. The summed E-state index contributed by atoms with van der Waals surface area (Å²) >= 11 is 0. The Labute approximate surface area is 317 Å². The molecule has 5 aliphatic rings. The monoisotopic (exact) mass is 714 g/mol. The summed E-state index contributed by atoms with van der Waals surface area (Å²) in [5.74, 6) is 0. The molecule has 2 heteroatoms.